The summed E-state index contributed by atoms with van der Waals surface area (Å²) in [7, 11) is 0. The lowest BCUT2D eigenvalue weighted by Gasteiger charge is -2.34. The van der Waals surface area contributed by atoms with Crippen LogP contribution in [0, 0.1) is 6.92 Å². The fourth-order valence-electron chi connectivity index (χ4n) is 8.71. The summed E-state index contributed by atoms with van der Waals surface area (Å²) in [4.78, 5) is 15.0. The number of aromatic nitrogens is 3. The minimum atomic E-state index is -0.532. The van der Waals surface area contributed by atoms with Gasteiger partial charge in [0.15, 0.2) is 40.5 Å². The SMILES string of the molecule is Cc1ccc(-c2nc(-c3ccccc3)nc(-c3ccccc3-c3ccc4c(c3)Oc3ccc5c(c3O4)-c3ccccc3C5(c3ccccc3)c3ccccc3)n2)cc1. The third kappa shape index (κ3) is 5.35. The molecule has 0 unspecified atom stereocenters. The highest BCUT2D eigenvalue weighted by atomic mass is 16.6. The molecule has 5 nitrogen and oxygen atoms in total. The van der Waals surface area contributed by atoms with Crippen LogP contribution in [-0.2, 0) is 5.41 Å². The molecule has 0 amide bonds. The Labute approximate surface area is 336 Å². The van der Waals surface area contributed by atoms with Crippen LogP contribution >= 0.6 is 0 Å². The summed E-state index contributed by atoms with van der Waals surface area (Å²) in [6.07, 6.45) is 0. The quantitative estimate of drug-likeness (QED) is 0.170. The summed E-state index contributed by atoms with van der Waals surface area (Å²) in [5.74, 6) is 4.53. The van der Waals surface area contributed by atoms with E-state index in [-0.39, 0.29) is 0 Å². The minimum Gasteiger partial charge on any atom is -0.449 e. The molecule has 0 fully saturated rings. The fourth-order valence-corrected chi connectivity index (χ4v) is 8.71. The molecular weight excluding hydrogens is 711 g/mol. The van der Waals surface area contributed by atoms with Crippen LogP contribution < -0.4 is 9.47 Å². The molecule has 1 aliphatic heterocycles. The molecule has 0 saturated carbocycles. The van der Waals surface area contributed by atoms with Gasteiger partial charge in [-0.05, 0) is 64.1 Å². The maximum atomic E-state index is 6.93. The van der Waals surface area contributed by atoms with E-state index in [1.807, 2.05) is 48.5 Å². The van der Waals surface area contributed by atoms with E-state index in [0.29, 0.717) is 34.7 Å². The summed E-state index contributed by atoms with van der Waals surface area (Å²) < 4.78 is 13.7. The summed E-state index contributed by atoms with van der Waals surface area (Å²) in [5, 5.41) is 0. The Balaban J connectivity index is 1.02. The molecule has 9 aromatic rings. The summed E-state index contributed by atoms with van der Waals surface area (Å²) in [6.45, 7) is 2.08. The zero-order valence-corrected chi connectivity index (χ0v) is 31.6. The average molecular weight is 746 g/mol. The molecule has 0 radical (unpaired) electrons. The number of hydrogen-bond acceptors (Lipinski definition) is 5. The van der Waals surface area contributed by atoms with Gasteiger partial charge >= 0.3 is 0 Å². The number of nitrogens with zero attached hydrogens (tertiary/aromatic N) is 3. The molecule has 11 rings (SSSR count). The van der Waals surface area contributed by atoms with Crippen LogP contribution in [0.15, 0.2) is 194 Å². The van der Waals surface area contributed by atoms with E-state index >= 15 is 0 Å². The van der Waals surface area contributed by atoms with Crippen LogP contribution in [0.2, 0.25) is 0 Å². The Morgan fingerprint density at radius 2 is 0.914 bits per heavy atom. The molecule has 274 valence electrons. The molecule has 0 bridgehead atoms. The fraction of sp³-hybridized carbons (Fsp3) is 0.0377. The molecule has 2 aliphatic rings. The first-order valence-electron chi connectivity index (χ1n) is 19.5. The lowest BCUT2D eigenvalue weighted by Crippen LogP contribution is -2.28. The second kappa shape index (κ2) is 13.5. The zero-order chi connectivity index (χ0) is 38.6. The van der Waals surface area contributed by atoms with Gasteiger partial charge in [-0.2, -0.15) is 0 Å². The topological polar surface area (TPSA) is 57.1 Å². The molecule has 2 heterocycles. The largest absolute Gasteiger partial charge is 0.449 e. The summed E-state index contributed by atoms with van der Waals surface area (Å²) >= 11 is 0. The van der Waals surface area contributed by atoms with Gasteiger partial charge in [0.05, 0.1) is 5.41 Å². The number of aryl methyl sites for hydroxylation is 1. The van der Waals surface area contributed by atoms with Gasteiger partial charge in [-0.3, -0.25) is 0 Å². The molecule has 1 aliphatic carbocycles. The Hall–Kier alpha value is -7.63. The van der Waals surface area contributed by atoms with Gasteiger partial charge in [0, 0.05) is 22.3 Å². The van der Waals surface area contributed by atoms with Crippen LogP contribution in [0.25, 0.3) is 56.4 Å². The summed E-state index contributed by atoms with van der Waals surface area (Å²) in [5.41, 5.74) is 12.3. The smallest absolute Gasteiger partial charge is 0.178 e. The molecule has 0 N–H and O–H groups in total. The van der Waals surface area contributed by atoms with Crippen LogP contribution in [-0.4, -0.2) is 15.0 Å². The predicted octanol–water partition coefficient (Wildman–Crippen LogP) is 13.1. The number of benzene rings is 8. The van der Waals surface area contributed by atoms with Gasteiger partial charge < -0.3 is 9.47 Å². The molecule has 0 atom stereocenters. The first kappa shape index (κ1) is 33.7. The van der Waals surface area contributed by atoms with Crippen LogP contribution in [0.4, 0.5) is 0 Å². The van der Waals surface area contributed by atoms with Crippen molar-refractivity contribution in [3.63, 3.8) is 0 Å². The van der Waals surface area contributed by atoms with Crippen molar-refractivity contribution in [3.8, 4) is 79.4 Å². The van der Waals surface area contributed by atoms with Gasteiger partial charge in [0.1, 0.15) is 0 Å². The second-order valence-electron chi connectivity index (χ2n) is 14.8. The van der Waals surface area contributed by atoms with E-state index in [2.05, 4.69) is 153 Å². The van der Waals surface area contributed by atoms with Crippen molar-refractivity contribution < 1.29 is 9.47 Å². The normalized spacial score (nSPS) is 13.0. The van der Waals surface area contributed by atoms with E-state index in [1.54, 1.807) is 0 Å². The Morgan fingerprint density at radius 1 is 0.379 bits per heavy atom. The Kier molecular flexibility index (Phi) is 7.86. The first-order valence-corrected chi connectivity index (χ1v) is 19.5. The molecular formula is C53H35N3O2. The van der Waals surface area contributed by atoms with Crippen molar-refractivity contribution >= 4 is 0 Å². The lowest BCUT2D eigenvalue weighted by atomic mass is 9.68. The number of rotatable bonds is 6. The van der Waals surface area contributed by atoms with Crippen LogP contribution in [0.5, 0.6) is 23.0 Å². The number of fused-ring (bicyclic) bond motifs is 6. The number of hydrogen-bond donors (Lipinski definition) is 0. The third-order valence-electron chi connectivity index (χ3n) is 11.4. The Morgan fingerprint density at radius 3 is 1.60 bits per heavy atom. The van der Waals surface area contributed by atoms with Crippen molar-refractivity contribution in [1.82, 2.24) is 15.0 Å². The van der Waals surface area contributed by atoms with Crippen LogP contribution in [0.1, 0.15) is 27.8 Å². The third-order valence-corrected chi connectivity index (χ3v) is 11.4. The minimum absolute atomic E-state index is 0.532. The van der Waals surface area contributed by atoms with E-state index in [4.69, 9.17) is 24.4 Å². The van der Waals surface area contributed by atoms with E-state index in [9.17, 15) is 0 Å². The van der Waals surface area contributed by atoms with E-state index in [1.165, 1.54) is 27.8 Å². The van der Waals surface area contributed by atoms with E-state index < -0.39 is 5.41 Å². The first-order chi connectivity index (χ1) is 28.6. The van der Waals surface area contributed by atoms with Gasteiger partial charge in [-0.15, -0.1) is 0 Å². The highest BCUT2D eigenvalue weighted by molar-refractivity contribution is 5.92. The van der Waals surface area contributed by atoms with Crippen molar-refractivity contribution in [2.75, 3.05) is 0 Å². The highest BCUT2D eigenvalue weighted by Gasteiger charge is 2.48. The summed E-state index contributed by atoms with van der Waals surface area (Å²) in [6, 6.07) is 67.2. The zero-order valence-electron chi connectivity index (χ0n) is 31.6. The lowest BCUT2D eigenvalue weighted by molar-refractivity contribution is 0.360. The van der Waals surface area contributed by atoms with Gasteiger partial charge in [-0.25, -0.2) is 15.0 Å². The highest BCUT2D eigenvalue weighted by Crippen LogP contribution is 2.62. The standard InChI is InChI=1S/C53H35N3O2/c1-34-25-27-36(28-26-34)51-54-50(35-15-5-2-6-16-35)55-52(56-51)41-22-12-11-21-40(41)37-29-31-45-47(33-37)57-46-32-30-44-48(49(46)58-45)42-23-13-14-24-43(42)53(44,38-17-7-3-8-18-38)39-19-9-4-10-20-39/h2-33H,1H3. The average Bonchev–Trinajstić information content (AvgIpc) is 3.60. The molecule has 1 aromatic heterocycles. The van der Waals surface area contributed by atoms with Gasteiger partial charge in [0.25, 0.3) is 0 Å². The molecule has 58 heavy (non-hydrogen) atoms. The maximum absolute atomic E-state index is 6.93. The molecule has 5 heteroatoms. The van der Waals surface area contributed by atoms with Crippen LogP contribution in [0.3, 0.4) is 0 Å². The Bertz CT molecular complexity index is 2960. The van der Waals surface area contributed by atoms with Crippen molar-refractivity contribution in [3.05, 3.63) is 222 Å². The van der Waals surface area contributed by atoms with Gasteiger partial charge in [-0.1, -0.05) is 181 Å². The maximum Gasteiger partial charge on any atom is 0.178 e. The molecule has 0 spiro atoms. The second-order valence-corrected chi connectivity index (χ2v) is 14.8. The van der Waals surface area contributed by atoms with Crippen molar-refractivity contribution in [2.24, 2.45) is 0 Å². The van der Waals surface area contributed by atoms with Crippen molar-refractivity contribution in [2.45, 2.75) is 12.3 Å². The molecule has 0 saturated heterocycles. The van der Waals surface area contributed by atoms with E-state index in [0.717, 1.165) is 44.7 Å². The van der Waals surface area contributed by atoms with Gasteiger partial charge in [0.2, 0.25) is 0 Å². The van der Waals surface area contributed by atoms with Crippen molar-refractivity contribution in [1.29, 1.82) is 0 Å². The molecule has 8 aromatic carbocycles. The predicted molar refractivity (Wildman–Crippen MR) is 230 cm³/mol. The number of ether oxygens (including phenoxy) is 2. The monoisotopic (exact) mass is 745 g/mol.